The van der Waals surface area contributed by atoms with Crippen molar-refractivity contribution in [3.63, 3.8) is 0 Å². The number of aromatic nitrogens is 3. The summed E-state index contributed by atoms with van der Waals surface area (Å²) in [5.41, 5.74) is 9.61. The molecule has 3 N–H and O–H groups in total. The lowest BCUT2D eigenvalue weighted by molar-refractivity contribution is 0.623. The van der Waals surface area contributed by atoms with E-state index in [2.05, 4.69) is 20.3 Å². The number of fused-ring (bicyclic) bond motifs is 1. The molecular formula is C20H18FN5. The topological polar surface area (TPSA) is 76.7 Å². The molecule has 3 aromatic heterocycles. The van der Waals surface area contributed by atoms with Gasteiger partial charge in [-0.1, -0.05) is 13.0 Å². The number of pyridine rings is 3. The van der Waals surface area contributed by atoms with E-state index in [0.29, 0.717) is 22.6 Å². The van der Waals surface area contributed by atoms with Crippen LogP contribution in [0.15, 0.2) is 60.8 Å². The van der Waals surface area contributed by atoms with Crippen molar-refractivity contribution in [1.29, 1.82) is 0 Å². The van der Waals surface area contributed by atoms with E-state index in [4.69, 9.17) is 5.73 Å². The number of anilines is 3. The molecule has 130 valence electrons. The zero-order valence-electron chi connectivity index (χ0n) is 14.3. The maximum Gasteiger partial charge on any atom is 0.161 e. The summed E-state index contributed by atoms with van der Waals surface area (Å²) in [4.78, 5) is 12.9. The van der Waals surface area contributed by atoms with Crippen molar-refractivity contribution in [2.24, 2.45) is 5.92 Å². The first-order chi connectivity index (χ1) is 12.6. The molecule has 1 unspecified atom stereocenters. The molecule has 0 aromatic carbocycles. The Balaban J connectivity index is 1.84. The third kappa shape index (κ3) is 3.01. The number of nitrogen functional groups attached to an aromatic ring is 1. The first-order valence-corrected chi connectivity index (χ1v) is 8.42. The second-order valence-electron chi connectivity index (χ2n) is 6.36. The van der Waals surface area contributed by atoms with Crippen molar-refractivity contribution in [3.05, 3.63) is 66.5 Å². The minimum absolute atomic E-state index is 0.187. The maximum absolute atomic E-state index is 14.5. The van der Waals surface area contributed by atoms with Gasteiger partial charge in [-0.2, -0.15) is 0 Å². The molecule has 1 atom stereocenters. The summed E-state index contributed by atoms with van der Waals surface area (Å²) in [7, 11) is 0. The number of hydrogen-bond acceptors (Lipinski definition) is 5. The molecule has 0 saturated heterocycles. The lowest BCUT2D eigenvalue weighted by Crippen LogP contribution is -2.03. The molecule has 0 saturated carbocycles. The van der Waals surface area contributed by atoms with Crippen molar-refractivity contribution in [2.45, 2.75) is 13.3 Å². The lowest BCUT2D eigenvalue weighted by atomic mass is 9.95. The fourth-order valence-corrected chi connectivity index (χ4v) is 3.00. The van der Waals surface area contributed by atoms with Crippen LogP contribution >= 0.6 is 0 Å². The van der Waals surface area contributed by atoms with Gasteiger partial charge in [0.25, 0.3) is 0 Å². The van der Waals surface area contributed by atoms with Gasteiger partial charge in [0.2, 0.25) is 0 Å². The van der Waals surface area contributed by atoms with Gasteiger partial charge < -0.3 is 11.1 Å². The van der Waals surface area contributed by atoms with Gasteiger partial charge >= 0.3 is 0 Å². The third-order valence-electron chi connectivity index (χ3n) is 4.36. The lowest BCUT2D eigenvalue weighted by Gasteiger charge is -2.16. The molecule has 0 aliphatic heterocycles. The Kier molecular flexibility index (Phi) is 4.08. The van der Waals surface area contributed by atoms with Crippen LogP contribution in [-0.2, 0) is 0 Å². The average molecular weight is 347 g/mol. The fraction of sp³-hybridized carbons (Fsp3) is 0.150. The van der Waals surface area contributed by atoms with Crippen LogP contribution in [0, 0.1) is 5.92 Å². The van der Waals surface area contributed by atoms with Crippen molar-refractivity contribution < 1.29 is 4.39 Å². The molecule has 6 heteroatoms. The largest absolute Gasteiger partial charge is 0.396 e. The summed E-state index contributed by atoms with van der Waals surface area (Å²) < 4.78 is 14.5. The normalized spacial score (nSPS) is 16.9. The van der Waals surface area contributed by atoms with Crippen LogP contribution in [0.5, 0.6) is 0 Å². The first-order valence-electron chi connectivity index (χ1n) is 8.42. The van der Waals surface area contributed by atoms with Crippen molar-refractivity contribution in [3.8, 4) is 0 Å². The van der Waals surface area contributed by atoms with Gasteiger partial charge in [0.15, 0.2) is 5.65 Å². The summed E-state index contributed by atoms with van der Waals surface area (Å²) in [6.07, 6.45) is 9.22. The van der Waals surface area contributed by atoms with E-state index in [9.17, 15) is 4.39 Å². The fourth-order valence-electron chi connectivity index (χ4n) is 3.00. The van der Waals surface area contributed by atoms with Crippen LogP contribution in [0.4, 0.5) is 21.5 Å². The summed E-state index contributed by atoms with van der Waals surface area (Å²) in [5.74, 6) is -0.0625. The standard InChI is InChI=1S/C20H18FN5/c1-12-4-5-13(15(21)9-12)18-10-19(14-3-2-7-24-20(14)26-18)25-17-6-8-23-11-16(17)22/h2-3,5-12H,4,22H2,1H3,(H,23,24,25,26). The number of nitrogens with one attached hydrogen (secondary N) is 1. The van der Waals surface area contributed by atoms with Crippen molar-refractivity contribution >= 4 is 33.7 Å². The Hall–Kier alpha value is -3.28. The van der Waals surface area contributed by atoms with E-state index >= 15 is 0 Å². The van der Waals surface area contributed by atoms with Crippen molar-refractivity contribution in [2.75, 3.05) is 11.1 Å². The molecule has 3 heterocycles. The predicted octanol–water partition coefficient (Wildman–Crippen LogP) is 4.63. The van der Waals surface area contributed by atoms with Gasteiger partial charge in [-0.15, -0.1) is 0 Å². The Bertz CT molecular complexity index is 1040. The molecule has 3 aromatic rings. The van der Waals surface area contributed by atoms with E-state index in [-0.39, 0.29) is 11.7 Å². The van der Waals surface area contributed by atoms with Crippen LogP contribution < -0.4 is 11.1 Å². The van der Waals surface area contributed by atoms with E-state index in [1.165, 1.54) is 0 Å². The molecule has 0 bridgehead atoms. The Morgan fingerprint density at radius 2 is 2.12 bits per heavy atom. The number of rotatable bonds is 3. The molecule has 4 rings (SSSR count). The average Bonchev–Trinajstić information content (AvgIpc) is 2.63. The molecule has 26 heavy (non-hydrogen) atoms. The monoisotopic (exact) mass is 347 g/mol. The van der Waals surface area contributed by atoms with Crippen LogP contribution in [0.25, 0.3) is 16.6 Å². The Morgan fingerprint density at radius 3 is 2.92 bits per heavy atom. The number of nitrogens with zero attached hydrogens (tertiary/aromatic N) is 3. The molecule has 1 aliphatic rings. The minimum atomic E-state index is -0.249. The maximum atomic E-state index is 14.5. The zero-order valence-corrected chi connectivity index (χ0v) is 14.3. The van der Waals surface area contributed by atoms with E-state index < -0.39 is 0 Å². The quantitative estimate of drug-likeness (QED) is 0.722. The van der Waals surface area contributed by atoms with Gasteiger partial charge in [0.05, 0.1) is 29.0 Å². The van der Waals surface area contributed by atoms with Crippen LogP contribution in [0.1, 0.15) is 19.0 Å². The highest BCUT2D eigenvalue weighted by molar-refractivity contribution is 5.94. The smallest absolute Gasteiger partial charge is 0.161 e. The SMILES string of the molecule is CC1C=C(F)C(c2cc(Nc3ccncc3N)c3cccnc3n2)=CC1. The molecule has 0 spiro atoms. The zero-order chi connectivity index (χ0) is 18.1. The van der Waals surface area contributed by atoms with Gasteiger partial charge in [-0.25, -0.2) is 14.4 Å². The highest BCUT2D eigenvalue weighted by Gasteiger charge is 2.18. The second kappa shape index (κ2) is 6.55. The van der Waals surface area contributed by atoms with Crippen molar-refractivity contribution in [1.82, 2.24) is 15.0 Å². The summed E-state index contributed by atoms with van der Waals surface area (Å²) in [6.45, 7) is 1.99. The first kappa shape index (κ1) is 16.2. The molecule has 0 radical (unpaired) electrons. The van der Waals surface area contributed by atoms with Gasteiger partial charge in [-0.05, 0) is 42.7 Å². The number of hydrogen-bond donors (Lipinski definition) is 2. The Morgan fingerprint density at radius 1 is 1.23 bits per heavy atom. The van der Waals surface area contributed by atoms with E-state index in [1.807, 2.05) is 31.2 Å². The summed E-state index contributed by atoms with van der Waals surface area (Å²) in [5, 5.41) is 4.14. The Labute approximate surface area is 150 Å². The third-order valence-corrected chi connectivity index (χ3v) is 4.36. The van der Waals surface area contributed by atoms with Crippen LogP contribution in [-0.4, -0.2) is 15.0 Å². The van der Waals surface area contributed by atoms with Crippen LogP contribution in [0.3, 0.4) is 0 Å². The van der Waals surface area contributed by atoms with Gasteiger partial charge in [0.1, 0.15) is 5.83 Å². The second-order valence-corrected chi connectivity index (χ2v) is 6.36. The highest BCUT2D eigenvalue weighted by Crippen LogP contribution is 2.34. The summed E-state index contributed by atoms with van der Waals surface area (Å²) >= 11 is 0. The molecule has 1 aliphatic carbocycles. The number of nitrogens with two attached hydrogens (primary N) is 1. The molecule has 0 fully saturated rings. The number of allylic oxidation sites excluding steroid dienone is 4. The number of halogens is 1. The molecular weight excluding hydrogens is 329 g/mol. The molecule has 5 nitrogen and oxygen atoms in total. The van der Waals surface area contributed by atoms with E-state index in [0.717, 1.165) is 23.2 Å². The summed E-state index contributed by atoms with van der Waals surface area (Å²) in [6, 6.07) is 7.38. The van der Waals surface area contributed by atoms with Gasteiger partial charge in [-0.3, -0.25) is 4.98 Å². The highest BCUT2D eigenvalue weighted by atomic mass is 19.1. The van der Waals surface area contributed by atoms with Gasteiger partial charge in [0, 0.05) is 23.4 Å². The predicted molar refractivity (Wildman–Crippen MR) is 102 cm³/mol. The minimum Gasteiger partial charge on any atom is -0.396 e. The van der Waals surface area contributed by atoms with E-state index in [1.54, 1.807) is 30.7 Å². The van der Waals surface area contributed by atoms with Crippen LogP contribution in [0.2, 0.25) is 0 Å². The molecule has 0 amide bonds.